The van der Waals surface area contributed by atoms with Crippen LogP contribution in [0, 0.1) is 53.3 Å². The van der Waals surface area contributed by atoms with E-state index in [0.717, 1.165) is 5.57 Å². The SMILES string of the molecule is C=CCO[C@@H]1CC(=O)O[C@H](CC)[C@@H](CO[C@@H]2O[C@H](C)[C@@H](C)[C@@H](C)[C@H]2C)/C=C(C)/C=C/C(=O)[C@H](C)C[C@H](CC(OC)OC)[C@H](O[C@@H]2O[C@H](C)[C@@H](C)[C@H](N(C)C)[C@H]2C)[C@H]1C. The fourth-order valence-electron chi connectivity index (χ4n) is 9.46. The van der Waals surface area contributed by atoms with E-state index in [-0.39, 0.29) is 90.7 Å². The smallest absolute Gasteiger partial charge is 0.308 e. The summed E-state index contributed by atoms with van der Waals surface area (Å²) in [7, 11) is 7.43. The van der Waals surface area contributed by atoms with Gasteiger partial charge in [0.05, 0.1) is 44.1 Å². The number of hydrogen-bond donors (Lipinski definition) is 0. The van der Waals surface area contributed by atoms with Crippen molar-refractivity contribution in [3.63, 3.8) is 0 Å². The van der Waals surface area contributed by atoms with Gasteiger partial charge in [-0.3, -0.25) is 9.59 Å². The average molecular weight is 820 g/mol. The molecular weight excluding hydrogens is 739 g/mol. The standard InChI is InChI=1S/C47H81NO10/c1-17-21-53-41-25-42(50)57-40(18-2)38(26-54-46-31(7)29(5)30(6)35(11)55-46)22-27(3)19-20-39(49)28(4)23-37(24-43(51-15)52-16)45(33(41)9)58-47-34(10)44(48(13)14)32(8)36(12)56-47/h17,19-20,22,28-38,40-41,43-47H,1,18,21,23-26H2,2-16H3/b20-19+,27-22+/t28-,29-,30+,31-,32-,33+,34-,35-,36-,37-,38-,40-,41-,44+,45-,46-,47+/m1/s1. The Bertz CT molecular complexity index is 1330. The highest BCUT2D eigenvalue weighted by atomic mass is 16.7. The number of nitrogens with zero attached hydrogens (tertiary/aromatic N) is 1. The molecule has 0 saturated carbocycles. The Morgan fingerprint density at radius 3 is 2.09 bits per heavy atom. The maximum Gasteiger partial charge on any atom is 0.308 e. The van der Waals surface area contributed by atoms with Crippen LogP contribution in [0.15, 0.2) is 36.5 Å². The minimum atomic E-state index is -0.605. The third-order valence-corrected chi connectivity index (χ3v) is 13.8. The maximum absolute atomic E-state index is 14.2. The third-order valence-electron chi connectivity index (χ3n) is 13.8. The molecule has 0 unspecified atom stereocenters. The van der Waals surface area contributed by atoms with Crippen LogP contribution in [-0.4, -0.2) is 114 Å². The molecule has 17 atom stereocenters. The van der Waals surface area contributed by atoms with Crippen molar-refractivity contribution in [2.45, 2.75) is 157 Å². The van der Waals surface area contributed by atoms with Gasteiger partial charge < -0.3 is 42.8 Å². The highest BCUT2D eigenvalue weighted by molar-refractivity contribution is 5.91. The predicted octanol–water partition coefficient (Wildman–Crippen LogP) is 8.26. The fraction of sp³-hybridized carbons (Fsp3) is 0.830. The number of carbonyl (C=O) groups excluding carboxylic acids is 2. The topological polar surface area (TPSA) is 111 Å². The summed E-state index contributed by atoms with van der Waals surface area (Å²) in [6.45, 7) is 27.7. The van der Waals surface area contributed by atoms with Crippen molar-refractivity contribution in [1.29, 1.82) is 0 Å². The van der Waals surface area contributed by atoms with Crippen molar-refractivity contribution in [3.8, 4) is 0 Å². The zero-order valence-electron chi connectivity index (χ0n) is 38.7. The minimum Gasteiger partial charge on any atom is -0.462 e. The van der Waals surface area contributed by atoms with Gasteiger partial charge in [-0.1, -0.05) is 79.2 Å². The molecule has 3 aliphatic rings. The zero-order chi connectivity index (χ0) is 43.4. The van der Waals surface area contributed by atoms with E-state index in [2.05, 4.69) is 87.0 Å². The van der Waals surface area contributed by atoms with E-state index in [0.29, 0.717) is 37.7 Å². The van der Waals surface area contributed by atoms with Gasteiger partial charge in [-0.25, -0.2) is 0 Å². The van der Waals surface area contributed by atoms with Crippen molar-refractivity contribution in [2.75, 3.05) is 41.5 Å². The van der Waals surface area contributed by atoms with Crippen LogP contribution < -0.4 is 0 Å². The van der Waals surface area contributed by atoms with Crippen molar-refractivity contribution in [1.82, 2.24) is 4.90 Å². The van der Waals surface area contributed by atoms with Gasteiger partial charge in [0.1, 0.15) is 6.10 Å². The van der Waals surface area contributed by atoms with Gasteiger partial charge in [-0.15, -0.1) is 6.58 Å². The first-order valence-electron chi connectivity index (χ1n) is 22.0. The lowest BCUT2D eigenvalue weighted by Gasteiger charge is -2.48. The number of allylic oxidation sites excluding steroid dienone is 3. The van der Waals surface area contributed by atoms with E-state index >= 15 is 0 Å². The number of methoxy groups -OCH3 is 2. The lowest BCUT2D eigenvalue weighted by molar-refractivity contribution is -0.280. The Balaban J connectivity index is 2.10. The number of cyclic esters (lactones) is 1. The van der Waals surface area contributed by atoms with E-state index in [1.54, 1.807) is 26.4 Å². The van der Waals surface area contributed by atoms with Gasteiger partial charge in [0, 0.05) is 56.3 Å². The van der Waals surface area contributed by atoms with Crippen LogP contribution in [-0.2, 0) is 47.5 Å². The largest absolute Gasteiger partial charge is 0.462 e. The summed E-state index contributed by atoms with van der Waals surface area (Å²) in [4.78, 5) is 30.4. The number of ether oxygens (including phenoxy) is 8. The summed E-state index contributed by atoms with van der Waals surface area (Å²) in [5.41, 5.74) is 0.878. The van der Waals surface area contributed by atoms with Crippen molar-refractivity contribution in [2.24, 2.45) is 53.3 Å². The van der Waals surface area contributed by atoms with Gasteiger partial charge in [-0.2, -0.15) is 0 Å². The van der Waals surface area contributed by atoms with Gasteiger partial charge in [0.15, 0.2) is 24.7 Å². The molecule has 0 radical (unpaired) electrons. The molecule has 0 N–H and O–H groups in total. The Hall–Kier alpha value is -1.96. The second-order valence-electron chi connectivity index (χ2n) is 18.1. The van der Waals surface area contributed by atoms with Crippen LogP contribution in [0.25, 0.3) is 0 Å². The molecule has 0 spiro atoms. The molecule has 11 nitrogen and oxygen atoms in total. The van der Waals surface area contributed by atoms with Crippen LogP contribution in [0.4, 0.5) is 0 Å². The lowest BCUT2D eigenvalue weighted by atomic mass is 9.78. The van der Waals surface area contributed by atoms with Gasteiger partial charge in [0.25, 0.3) is 0 Å². The van der Waals surface area contributed by atoms with E-state index in [9.17, 15) is 9.59 Å². The first-order valence-corrected chi connectivity index (χ1v) is 22.0. The summed E-state index contributed by atoms with van der Waals surface area (Å²) in [6.07, 6.45) is 5.66. The zero-order valence-corrected chi connectivity index (χ0v) is 38.7. The second kappa shape index (κ2) is 23.9. The number of esters is 1. The first-order chi connectivity index (χ1) is 27.4. The molecule has 3 rings (SSSR count). The summed E-state index contributed by atoms with van der Waals surface area (Å²) in [6, 6.07) is 0.204. The number of carbonyl (C=O) groups is 2. The Morgan fingerprint density at radius 1 is 0.845 bits per heavy atom. The van der Waals surface area contributed by atoms with Crippen molar-refractivity contribution < 1.29 is 47.5 Å². The predicted molar refractivity (Wildman–Crippen MR) is 228 cm³/mol. The highest BCUT2D eigenvalue weighted by Crippen LogP contribution is 2.40. The molecule has 334 valence electrons. The molecule has 0 amide bonds. The number of rotatable bonds is 14. The van der Waals surface area contributed by atoms with Crippen LogP contribution in [0.5, 0.6) is 0 Å². The highest BCUT2D eigenvalue weighted by Gasteiger charge is 2.46. The molecule has 3 heterocycles. The van der Waals surface area contributed by atoms with Gasteiger partial charge in [-0.05, 0) is 77.5 Å². The van der Waals surface area contributed by atoms with Crippen LogP contribution in [0.1, 0.15) is 102 Å². The summed E-state index contributed by atoms with van der Waals surface area (Å²) in [5, 5.41) is 0. The van der Waals surface area contributed by atoms with E-state index < -0.39 is 30.9 Å². The Labute approximate surface area is 351 Å². The number of hydrogen-bond acceptors (Lipinski definition) is 11. The molecule has 11 heteroatoms. The summed E-state index contributed by atoms with van der Waals surface area (Å²) in [5.74, 6) is -0.277. The maximum atomic E-state index is 14.2. The lowest BCUT2D eigenvalue weighted by Crippen LogP contribution is -2.56. The molecule has 58 heavy (non-hydrogen) atoms. The molecule has 2 fully saturated rings. The van der Waals surface area contributed by atoms with E-state index in [4.69, 9.17) is 37.9 Å². The number of ketones is 1. The van der Waals surface area contributed by atoms with E-state index in [1.165, 1.54) is 0 Å². The molecule has 0 aliphatic carbocycles. The molecule has 0 aromatic carbocycles. The summed E-state index contributed by atoms with van der Waals surface area (Å²) >= 11 is 0. The minimum absolute atomic E-state index is 0.00675. The van der Waals surface area contributed by atoms with Crippen LogP contribution in [0.3, 0.4) is 0 Å². The third kappa shape index (κ3) is 13.5. The second-order valence-corrected chi connectivity index (χ2v) is 18.1. The Kier molecular flexibility index (Phi) is 20.8. The Morgan fingerprint density at radius 2 is 1.48 bits per heavy atom. The van der Waals surface area contributed by atoms with Crippen molar-refractivity contribution >= 4 is 11.8 Å². The van der Waals surface area contributed by atoms with Crippen molar-refractivity contribution in [3.05, 3.63) is 36.5 Å². The quantitative estimate of drug-likeness (QED) is 0.0960. The van der Waals surface area contributed by atoms with Crippen LogP contribution in [0.2, 0.25) is 0 Å². The average Bonchev–Trinajstić information content (AvgIpc) is 3.18. The normalized spacial score (nSPS) is 41.5. The summed E-state index contributed by atoms with van der Waals surface area (Å²) < 4.78 is 51.1. The fourth-order valence-corrected chi connectivity index (χ4v) is 9.46. The van der Waals surface area contributed by atoms with Crippen LogP contribution >= 0.6 is 0 Å². The van der Waals surface area contributed by atoms with E-state index in [1.807, 2.05) is 26.8 Å². The molecule has 2 saturated heterocycles. The van der Waals surface area contributed by atoms with Gasteiger partial charge in [0.2, 0.25) is 0 Å². The molecular formula is C47H81NO10. The molecule has 3 aliphatic heterocycles. The molecule has 0 aromatic rings. The molecule has 0 bridgehead atoms. The van der Waals surface area contributed by atoms with Gasteiger partial charge >= 0.3 is 5.97 Å². The first kappa shape index (κ1) is 50.4. The monoisotopic (exact) mass is 820 g/mol. The molecule has 0 aromatic heterocycles.